The molecule has 0 atom stereocenters. The molecule has 186 valence electrons. The molecule has 2 N–H and O–H groups in total. The number of amides is 1. The van der Waals surface area contributed by atoms with Crippen molar-refractivity contribution in [3.8, 4) is 5.75 Å². The maximum Gasteiger partial charge on any atom is 0.293 e. The van der Waals surface area contributed by atoms with Gasteiger partial charge < -0.3 is 24.8 Å². The highest BCUT2D eigenvalue weighted by Crippen LogP contribution is 2.33. The lowest BCUT2D eigenvalue weighted by atomic mass is 10.1. The summed E-state index contributed by atoms with van der Waals surface area (Å²) in [5.41, 5.74) is 0.727. The van der Waals surface area contributed by atoms with E-state index >= 15 is 4.39 Å². The van der Waals surface area contributed by atoms with E-state index in [0.717, 1.165) is 31.7 Å². The number of ether oxygens (including phenoxy) is 1. The number of likely N-dealkylation sites (N-methyl/N-ethyl adjacent to an activating group) is 1. The Morgan fingerprint density at radius 3 is 2.63 bits per heavy atom. The lowest BCUT2D eigenvalue weighted by Gasteiger charge is -2.28. The average Bonchev–Trinajstić information content (AvgIpc) is 2.86. The third-order valence-electron chi connectivity index (χ3n) is 6.07. The molecule has 0 spiro atoms. The number of halogens is 2. The van der Waals surface area contributed by atoms with E-state index in [2.05, 4.69) is 20.5 Å². The largest absolute Gasteiger partial charge is 0.478 e. The lowest BCUT2D eigenvalue weighted by molar-refractivity contribution is -0.122. The molecule has 1 aliphatic heterocycles. The Morgan fingerprint density at radius 1 is 1.20 bits per heavy atom. The van der Waals surface area contributed by atoms with Crippen LogP contribution in [-0.4, -0.2) is 42.2 Å². The number of aromatic nitrogens is 2. The Labute approximate surface area is 208 Å². The van der Waals surface area contributed by atoms with Crippen LogP contribution in [0.5, 0.6) is 5.75 Å². The van der Waals surface area contributed by atoms with Crippen LogP contribution in [0.4, 0.5) is 21.6 Å². The number of fused-ring (bicyclic) bond motifs is 1. The van der Waals surface area contributed by atoms with Gasteiger partial charge in [-0.2, -0.15) is 0 Å². The van der Waals surface area contributed by atoms with E-state index in [1.165, 1.54) is 24.1 Å². The Balaban J connectivity index is 1.74. The normalized spacial score (nSPS) is 13.8. The summed E-state index contributed by atoms with van der Waals surface area (Å²) in [5, 5.41) is 6.08. The fourth-order valence-corrected chi connectivity index (χ4v) is 4.39. The van der Waals surface area contributed by atoms with Crippen LogP contribution in [0, 0.1) is 5.82 Å². The molecule has 3 aromatic rings. The standard InChI is InChI=1S/C25H29ClFN5O3/c1-15(2)32-20-8-7-18(24(27)16(20)11-21(25(32)34)35-14-23(33)28-3)30-19-12-22(29-13-17(19)26)31-9-5-4-6-10-31/h7-8,11-13,15H,4-6,9-10,14H2,1-3H3,(H,28,33)(H,29,30). The maximum atomic E-state index is 15.8. The number of anilines is 3. The molecule has 0 unspecified atom stereocenters. The van der Waals surface area contributed by atoms with Crippen LogP contribution in [0.3, 0.4) is 0 Å². The van der Waals surface area contributed by atoms with E-state index in [1.807, 2.05) is 19.9 Å². The molecule has 35 heavy (non-hydrogen) atoms. The van der Waals surface area contributed by atoms with Gasteiger partial charge in [0.2, 0.25) is 0 Å². The number of piperidine rings is 1. The number of pyridine rings is 2. The van der Waals surface area contributed by atoms with Crippen molar-refractivity contribution in [1.29, 1.82) is 0 Å². The second kappa shape index (κ2) is 10.5. The zero-order valence-corrected chi connectivity index (χ0v) is 20.8. The predicted molar refractivity (Wildman–Crippen MR) is 137 cm³/mol. The van der Waals surface area contributed by atoms with E-state index in [-0.39, 0.29) is 29.5 Å². The number of rotatable bonds is 7. The molecule has 0 radical (unpaired) electrons. The van der Waals surface area contributed by atoms with Crippen LogP contribution in [-0.2, 0) is 4.79 Å². The lowest BCUT2D eigenvalue weighted by Crippen LogP contribution is -2.30. The topological polar surface area (TPSA) is 88.5 Å². The molecule has 2 aromatic heterocycles. The first kappa shape index (κ1) is 24.8. The van der Waals surface area contributed by atoms with Crippen molar-refractivity contribution < 1.29 is 13.9 Å². The van der Waals surface area contributed by atoms with Crippen molar-refractivity contribution in [2.45, 2.75) is 39.2 Å². The van der Waals surface area contributed by atoms with Gasteiger partial charge in [0, 0.05) is 37.6 Å². The van der Waals surface area contributed by atoms with Gasteiger partial charge in [-0.1, -0.05) is 11.6 Å². The van der Waals surface area contributed by atoms with E-state index in [9.17, 15) is 9.59 Å². The van der Waals surface area contributed by atoms with Gasteiger partial charge in [-0.15, -0.1) is 0 Å². The maximum absolute atomic E-state index is 15.8. The molecule has 8 nitrogen and oxygen atoms in total. The molecular formula is C25H29ClFN5O3. The highest BCUT2D eigenvalue weighted by atomic mass is 35.5. The predicted octanol–water partition coefficient (Wildman–Crippen LogP) is 4.63. The molecule has 1 aliphatic rings. The molecule has 0 saturated carbocycles. The van der Waals surface area contributed by atoms with Crippen molar-refractivity contribution in [3.05, 3.63) is 51.7 Å². The van der Waals surface area contributed by atoms with Gasteiger partial charge in [0.1, 0.15) is 5.82 Å². The second-order valence-electron chi connectivity index (χ2n) is 8.79. The summed E-state index contributed by atoms with van der Waals surface area (Å²) < 4.78 is 22.7. The summed E-state index contributed by atoms with van der Waals surface area (Å²) in [5.74, 6) is -0.265. The first-order chi connectivity index (χ1) is 16.8. The van der Waals surface area contributed by atoms with Gasteiger partial charge in [0.05, 0.1) is 28.1 Å². The van der Waals surface area contributed by atoms with Crippen LogP contribution in [0.1, 0.15) is 39.2 Å². The van der Waals surface area contributed by atoms with Gasteiger partial charge in [-0.25, -0.2) is 9.37 Å². The van der Waals surface area contributed by atoms with Crippen molar-refractivity contribution in [1.82, 2.24) is 14.9 Å². The van der Waals surface area contributed by atoms with Crippen molar-refractivity contribution in [3.63, 3.8) is 0 Å². The molecule has 1 fully saturated rings. The van der Waals surface area contributed by atoms with Crippen molar-refractivity contribution in [2.75, 3.05) is 37.0 Å². The second-order valence-corrected chi connectivity index (χ2v) is 9.20. The number of nitrogens with zero attached hydrogens (tertiary/aromatic N) is 3. The zero-order valence-electron chi connectivity index (χ0n) is 20.0. The van der Waals surface area contributed by atoms with Crippen LogP contribution in [0.15, 0.2) is 35.3 Å². The third-order valence-corrected chi connectivity index (χ3v) is 6.37. The molecule has 1 amide bonds. The molecule has 3 heterocycles. The van der Waals surface area contributed by atoms with Crippen LogP contribution in [0.2, 0.25) is 5.02 Å². The van der Waals surface area contributed by atoms with Gasteiger partial charge in [0.25, 0.3) is 11.5 Å². The van der Waals surface area contributed by atoms with Gasteiger partial charge in [0.15, 0.2) is 18.2 Å². The number of benzene rings is 1. The minimum Gasteiger partial charge on any atom is -0.478 e. The van der Waals surface area contributed by atoms with Crippen LogP contribution >= 0.6 is 11.6 Å². The highest BCUT2D eigenvalue weighted by molar-refractivity contribution is 6.33. The smallest absolute Gasteiger partial charge is 0.293 e. The molecule has 0 bridgehead atoms. The number of carbonyl (C=O) groups excluding carboxylic acids is 1. The summed E-state index contributed by atoms with van der Waals surface area (Å²) >= 11 is 6.38. The summed E-state index contributed by atoms with van der Waals surface area (Å²) in [6.07, 6.45) is 4.98. The Hall–Kier alpha value is -3.33. The first-order valence-electron chi connectivity index (χ1n) is 11.7. The average molecular weight is 502 g/mol. The van der Waals surface area contributed by atoms with Crippen LogP contribution < -0.4 is 25.8 Å². The zero-order chi connectivity index (χ0) is 25.1. The molecule has 1 saturated heterocycles. The Bertz CT molecular complexity index is 1300. The summed E-state index contributed by atoms with van der Waals surface area (Å²) in [6, 6.07) is 6.18. The summed E-state index contributed by atoms with van der Waals surface area (Å²) in [4.78, 5) is 31.2. The molecule has 1 aromatic carbocycles. The summed E-state index contributed by atoms with van der Waals surface area (Å²) in [6.45, 7) is 5.15. The molecule has 4 rings (SSSR count). The minimum atomic E-state index is -0.561. The monoisotopic (exact) mass is 501 g/mol. The highest BCUT2D eigenvalue weighted by Gasteiger charge is 2.19. The Morgan fingerprint density at radius 2 is 1.94 bits per heavy atom. The van der Waals surface area contributed by atoms with Gasteiger partial charge in [-0.3, -0.25) is 9.59 Å². The van der Waals surface area contributed by atoms with Crippen molar-refractivity contribution >= 4 is 45.6 Å². The van der Waals surface area contributed by atoms with Gasteiger partial charge in [-0.05, 0) is 51.3 Å². The quantitative estimate of drug-likeness (QED) is 0.491. The fraction of sp³-hybridized carbons (Fsp3) is 0.400. The number of hydrogen-bond donors (Lipinski definition) is 2. The van der Waals surface area contributed by atoms with Crippen molar-refractivity contribution in [2.24, 2.45) is 0 Å². The number of hydrogen-bond acceptors (Lipinski definition) is 6. The van der Waals surface area contributed by atoms with E-state index in [4.69, 9.17) is 16.3 Å². The molecule has 10 heteroatoms. The fourth-order valence-electron chi connectivity index (χ4n) is 4.24. The van der Waals surface area contributed by atoms with Crippen LogP contribution in [0.25, 0.3) is 10.9 Å². The molecular weight excluding hydrogens is 473 g/mol. The SMILES string of the molecule is CNC(=O)COc1cc2c(F)c(Nc3cc(N4CCCCC4)ncc3Cl)ccc2n(C(C)C)c1=O. The van der Waals surface area contributed by atoms with E-state index in [0.29, 0.717) is 16.2 Å². The van der Waals surface area contributed by atoms with E-state index < -0.39 is 17.3 Å². The summed E-state index contributed by atoms with van der Waals surface area (Å²) in [7, 11) is 1.47. The van der Waals surface area contributed by atoms with Gasteiger partial charge >= 0.3 is 0 Å². The number of nitrogens with one attached hydrogen (secondary N) is 2. The molecule has 0 aliphatic carbocycles. The third kappa shape index (κ3) is 5.19. The Kier molecular flexibility index (Phi) is 7.45. The minimum absolute atomic E-state index is 0.0971. The van der Waals surface area contributed by atoms with E-state index in [1.54, 1.807) is 18.3 Å². The first-order valence-corrected chi connectivity index (χ1v) is 12.1. The number of carbonyl (C=O) groups is 1.